The summed E-state index contributed by atoms with van der Waals surface area (Å²) in [4.78, 5) is 76.0. The molecule has 5 saturated heterocycles. The number of ether oxygens (including phenoxy) is 4. The van der Waals surface area contributed by atoms with E-state index in [9.17, 15) is 36.3 Å². The molecule has 3 aromatic rings. The van der Waals surface area contributed by atoms with Gasteiger partial charge in [-0.2, -0.15) is 31.9 Å². The predicted octanol–water partition coefficient (Wildman–Crippen LogP) is 2.10. The standard InChI is InChI=1S/C37H44FN9O11S3/c38-61(53,54)19-11-9-18(10-12-19)35(50)55-13-22-30(57-25(48)7-3-1-5-23-27-20(14-59-23)43-36(51)45-27)31(34(56-22)47-17-42-29-32(39)40-16-41-33(29)47)58-26(49)8-4-2-6-24-28-21(15-60-24)44-37(52)46-28/h9-12,16-17,20-24,27-28,30-31,34H,1-8,13-15H2,(H2,39,40,41)(H2,43,45,51)(H2,44,46,52)/t20-,21-,22+,23-,24-,27-,28-,30+,31+,34+/m0/s1. The van der Waals surface area contributed by atoms with Crippen molar-refractivity contribution >= 4 is 80.7 Å². The molecule has 0 bridgehead atoms. The first-order valence-electron chi connectivity index (χ1n) is 19.9. The van der Waals surface area contributed by atoms with Gasteiger partial charge in [-0.05, 0) is 49.9 Å². The van der Waals surface area contributed by atoms with Crippen molar-refractivity contribution in [1.29, 1.82) is 0 Å². The fourth-order valence-corrected chi connectivity index (χ4v) is 11.9. The van der Waals surface area contributed by atoms with Gasteiger partial charge in [-0.15, -0.1) is 3.89 Å². The normalized spacial score (nSPS) is 29.0. The highest BCUT2D eigenvalue weighted by Crippen LogP contribution is 2.38. The van der Waals surface area contributed by atoms with Crippen LogP contribution in [0.1, 0.15) is 68.0 Å². The number of carbonyl (C=O) groups excluding carboxylic acids is 5. The summed E-state index contributed by atoms with van der Waals surface area (Å²) in [6, 6.07) is 3.85. The van der Waals surface area contributed by atoms with Crippen molar-refractivity contribution in [2.75, 3.05) is 23.8 Å². The number of hydrogen-bond donors (Lipinski definition) is 5. The third-order valence-electron chi connectivity index (χ3n) is 11.3. The number of carbonyl (C=O) groups is 5. The van der Waals surface area contributed by atoms with E-state index in [1.54, 1.807) is 23.5 Å². The Balaban J connectivity index is 0.971. The maximum absolute atomic E-state index is 13.6. The zero-order valence-corrected chi connectivity index (χ0v) is 34.9. The molecule has 0 radical (unpaired) electrons. The minimum atomic E-state index is -5.01. The number of anilines is 1. The number of rotatable bonds is 17. The molecule has 5 aliphatic heterocycles. The highest BCUT2D eigenvalue weighted by Gasteiger charge is 2.52. The summed E-state index contributed by atoms with van der Waals surface area (Å²) in [5.74, 6) is -0.449. The molecular weight excluding hydrogens is 862 g/mol. The van der Waals surface area contributed by atoms with Crippen molar-refractivity contribution in [2.24, 2.45) is 0 Å². The van der Waals surface area contributed by atoms with Gasteiger partial charge in [0, 0.05) is 34.8 Å². The van der Waals surface area contributed by atoms with E-state index in [4.69, 9.17) is 24.7 Å². The molecule has 20 nitrogen and oxygen atoms in total. The first-order chi connectivity index (χ1) is 29.3. The van der Waals surface area contributed by atoms with Crippen LogP contribution in [0.3, 0.4) is 0 Å². The number of halogens is 1. The van der Waals surface area contributed by atoms with Gasteiger partial charge in [0.1, 0.15) is 24.6 Å². The van der Waals surface area contributed by atoms with Crippen LogP contribution in [0.4, 0.5) is 19.3 Å². The van der Waals surface area contributed by atoms with Crippen molar-refractivity contribution in [3.05, 3.63) is 42.5 Å². The molecule has 0 aliphatic carbocycles. The molecule has 24 heteroatoms. The number of nitrogens with two attached hydrogens (primary N) is 1. The highest BCUT2D eigenvalue weighted by atomic mass is 32.3. The SMILES string of the molecule is Nc1ncnc2c1ncn2[C@@H]1O[C@H](COC(=O)c2ccc(S(=O)(=O)F)cc2)[C@@H](OC(=O)CCCC[C@@H]2SC[C@@H]3NC(=O)N[C@@H]32)[C@H]1OC(=O)CCCC[C@@H]1SC[C@@H]2NC(=O)N[C@@H]21. The van der Waals surface area contributed by atoms with Crippen LogP contribution in [0.2, 0.25) is 0 Å². The largest absolute Gasteiger partial charge is 0.459 e. The zero-order valence-electron chi connectivity index (χ0n) is 32.5. The van der Waals surface area contributed by atoms with Crippen molar-refractivity contribution in [1.82, 2.24) is 40.8 Å². The Morgan fingerprint density at radius 1 is 0.836 bits per heavy atom. The molecule has 7 heterocycles. The quantitative estimate of drug-likeness (QED) is 0.0427. The summed E-state index contributed by atoms with van der Waals surface area (Å²) < 4.78 is 61.7. The number of nitrogens with one attached hydrogen (secondary N) is 4. The number of nitrogen functional groups attached to an aromatic ring is 1. The molecule has 0 spiro atoms. The van der Waals surface area contributed by atoms with Crippen molar-refractivity contribution < 1.29 is 55.2 Å². The number of benzene rings is 1. The average Bonchev–Trinajstić information content (AvgIpc) is 4.08. The molecule has 2 aromatic heterocycles. The van der Waals surface area contributed by atoms with Gasteiger partial charge >= 0.3 is 40.2 Å². The van der Waals surface area contributed by atoms with Gasteiger partial charge in [0.25, 0.3) is 0 Å². The number of imidazole rings is 1. The molecule has 5 aliphatic rings. The number of fused-ring (bicyclic) bond motifs is 3. The lowest BCUT2D eigenvalue weighted by atomic mass is 10.0. The van der Waals surface area contributed by atoms with Gasteiger partial charge in [-0.25, -0.2) is 29.3 Å². The highest BCUT2D eigenvalue weighted by molar-refractivity contribution is 8.00. The molecule has 61 heavy (non-hydrogen) atoms. The van der Waals surface area contributed by atoms with Crippen molar-refractivity contribution in [2.45, 2.75) is 115 Å². The topological polar surface area (TPSA) is 274 Å². The summed E-state index contributed by atoms with van der Waals surface area (Å²) in [5, 5.41) is 12.2. The monoisotopic (exact) mass is 905 g/mol. The first-order valence-corrected chi connectivity index (χ1v) is 23.4. The van der Waals surface area contributed by atoms with Crippen LogP contribution in [0, 0.1) is 0 Å². The summed E-state index contributed by atoms with van der Waals surface area (Å²) in [6.45, 7) is -0.512. The molecule has 0 saturated carbocycles. The number of amides is 4. The van der Waals surface area contributed by atoms with Crippen molar-refractivity contribution in [3.8, 4) is 0 Å². The smallest absolute Gasteiger partial charge is 0.338 e. The zero-order chi connectivity index (χ0) is 42.8. The van der Waals surface area contributed by atoms with E-state index in [1.165, 1.54) is 17.2 Å². The molecule has 10 atom stereocenters. The third-order valence-corrected chi connectivity index (χ3v) is 15.2. The minimum Gasteiger partial charge on any atom is -0.459 e. The van der Waals surface area contributed by atoms with E-state index >= 15 is 0 Å². The molecule has 6 N–H and O–H groups in total. The van der Waals surface area contributed by atoms with Gasteiger partial charge in [-0.1, -0.05) is 12.8 Å². The van der Waals surface area contributed by atoms with Crippen LogP contribution >= 0.6 is 23.5 Å². The summed E-state index contributed by atoms with van der Waals surface area (Å²) in [6.07, 6.45) is 1.42. The van der Waals surface area contributed by atoms with Crippen LogP contribution < -0.4 is 27.0 Å². The van der Waals surface area contributed by atoms with Crippen LogP contribution in [-0.4, -0.2) is 129 Å². The van der Waals surface area contributed by atoms with E-state index in [1.807, 2.05) is 0 Å². The maximum Gasteiger partial charge on any atom is 0.338 e. The number of thioether (sulfide) groups is 2. The molecule has 328 valence electrons. The molecule has 4 amide bonds. The van der Waals surface area contributed by atoms with E-state index in [0.29, 0.717) is 25.7 Å². The Kier molecular flexibility index (Phi) is 12.7. The number of unbranched alkanes of at least 4 members (excludes halogenated alkanes) is 2. The van der Waals surface area contributed by atoms with E-state index in [0.717, 1.165) is 48.6 Å². The Labute approximate surface area is 357 Å². The lowest BCUT2D eigenvalue weighted by Gasteiger charge is -2.25. The lowest BCUT2D eigenvalue weighted by Crippen LogP contribution is -2.41. The molecule has 0 unspecified atom stereocenters. The first kappa shape index (κ1) is 42.7. The van der Waals surface area contributed by atoms with E-state index < -0.39 is 64.2 Å². The summed E-state index contributed by atoms with van der Waals surface area (Å²) >= 11 is 3.54. The molecule has 5 fully saturated rings. The molecule has 1 aromatic carbocycles. The Bertz CT molecular complexity index is 2270. The van der Waals surface area contributed by atoms with Gasteiger partial charge in [-0.3, -0.25) is 14.2 Å². The van der Waals surface area contributed by atoms with Gasteiger partial charge in [0.2, 0.25) is 0 Å². The fraction of sp³-hybridized carbons (Fsp3) is 0.568. The van der Waals surface area contributed by atoms with E-state index in [-0.39, 0.29) is 82.1 Å². The maximum atomic E-state index is 13.6. The minimum absolute atomic E-state index is 0.00300. The Hall–Kier alpha value is -4.94. The average molecular weight is 906 g/mol. The molecular formula is C37H44FN9O11S3. The summed E-state index contributed by atoms with van der Waals surface area (Å²) in [7, 11) is -5.01. The number of aromatic nitrogens is 4. The van der Waals surface area contributed by atoms with Crippen LogP contribution in [0.15, 0.2) is 41.8 Å². The molecule has 8 rings (SSSR count). The Morgan fingerprint density at radius 3 is 2.02 bits per heavy atom. The second-order valence-electron chi connectivity index (χ2n) is 15.4. The number of hydrogen-bond acceptors (Lipinski definition) is 17. The second kappa shape index (κ2) is 18.2. The second-order valence-corrected chi connectivity index (χ2v) is 19.2. The van der Waals surface area contributed by atoms with Gasteiger partial charge in [0.05, 0.1) is 41.0 Å². The number of nitrogens with zero attached hydrogens (tertiary/aromatic N) is 4. The third kappa shape index (κ3) is 9.60. The van der Waals surface area contributed by atoms with Crippen LogP contribution in [-0.2, 0) is 38.8 Å². The van der Waals surface area contributed by atoms with Crippen LogP contribution in [0.5, 0.6) is 0 Å². The number of urea groups is 2. The fourth-order valence-electron chi connectivity index (χ4n) is 8.32. The predicted molar refractivity (Wildman–Crippen MR) is 216 cm³/mol. The van der Waals surface area contributed by atoms with E-state index in [2.05, 4.69) is 36.2 Å². The van der Waals surface area contributed by atoms with Gasteiger partial charge < -0.3 is 45.9 Å². The Morgan fingerprint density at radius 2 is 1.43 bits per heavy atom. The van der Waals surface area contributed by atoms with Crippen molar-refractivity contribution in [3.63, 3.8) is 0 Å². The van der Waals surface area contributed by atoms with Gasteiger partial charge in [0.15, 0.2) is 29.9 Å². The van der Waals surface area contributed by atoms with Crippen LogP contribution in [0.25, 0.3) is 11.2 Å². The number of esters is 3. The lowest BCUT2D eigenvalue weighted by molar-refractivity contribution is -0.168. The summed E-state index contributed by atoms with van der Waals surface area (Å²) in [5.41, 5.74) is 6.44.